The maximum absolute atomic E-state index is 12.1. The molecular formula is C26H39NO6. The fraction of sp³-hybridized carbons (Fsp3) is 0.692. The number of aliphatic hydroxyl groups excluding tert-OH is 2. The molecule has 184 valence electrons. The lowest BCUT2D eigenvalue weighted by molar-refractivity contribution is -0.141. The number of hydrogen-bond acceptors (Lipinski definition) is 6. The number of amides is 1. The predicted octanol–water partition coefficient (Wildman–Crippen LogP) is 3.10. The van der Waals surface area contributed by atoms with Crippen molar-refractivity contribution in [3.05, 3.63) is 29.3 Å². The molecule has 0 heterocycles. The number of carbonyl (C=O) groups is 2. The highest BCUT2D eigenvalue weighted by Crippen LogP contribution is 2.52. The highest BCUT2D eigenvalue weighted by Gasteiger charge is 2.43. The molecule has 1 aromatic carbocycles. The van der Waals surface area contributed by atoms with Crippen molar-refractivity contribution in [1.82, 2.24) is 5.32 Å². The first-order chi connectivity index (χ1) is 15.9. The van der Waals surface area contributed by atoms with E-state index in [0.717, 1.165) is 63.4 Å². The topological polar surface area (TPSA) is 105 Å². The lowest BCUT2D eigenvalue weighted by Crippen LogP contribution is -2.34. The number of aliphatic hydroxyl groups is 2. The van der Waals surface area contributed by atoms with Crippen LogP contribution in [0.2, 0.25) is 0 Å². The van der Waals surface area contributed by atoms with Crippen LogP contribution >= 0.6 is 0 Å². The van der Waals surface area contributed by atoms with Crippen molar-refractivity contribution < 1.29 is 29.3 Å². The van der Waals surface area contributed by atoms with Gasteiger partial charge in [-0.1, -0.05) is 38.3 Å². The summed E-state index contributed by atoms with van der Waals surface area (Å²) in [6, 6.07) is 5.96. The Hall–Kier alpha value is -2.12. The molecule has 0 bridgehead atoms. The Kier molecular flexibility index (Phi) is 9.56. The first kappa shape index (κ1) is 25.5. The van der Waals surface area contributed by atoms with Crippen molar-refractivity contribution in [3.63, 3.8) is 0 Å². The number of benzene rings is 1. The van der Waals surface area contributed by atoms with E-state index in [-0.39, 0.29) is 37.2 Å². The fourth-order valence-corrected chi connectivity index (χ4v) is 5.61. The number of carbonyl (C=O) groups excluding carboxylic acids is 2. The van der Waals surface area contributed by atoms with Crippen LogP contribution in [0.15, 0.2) is 18.2 Å². The second kappa shape index (κ2) is 12.4. The van der Waals surface area contributed by atoms with Gasteiger partial charge >= 0.3 is 5.97 Å². The van der Waals surface area contributed by atoms with Gasteiger partial charge in [0.25, 0.3) is 5.91 Å². The molecule has 1 fully saturated rings. The van der Waals surface area contributed by atoms with Crippen molar-refractivity contribution in [2.24, 2.45) is 11.8 Å². The SMILES string of the molecule is CCCCCC(O)CCC1c2c(cccc2OCC(=O)NCC(=O)OC)CC2CC(O)CC21. The van der Waals surface area contributed by atoms with Crippen molar-refractivity contribution >= 4 is 11.9 Å². The number of hydrogen-bond donors (Lipinski definition) is 3. The van der Waals surface area contributed by atoms with Crippen molar-refractivity contribution in [1.29, 1.82) is 0 Å². The number of esters is 1. The van der Waals surface area contributed by atoms with Crippen LogP contribution in [0, 0.1) is 11.8 Å². The van der Waals surface area contributed by atoms with Gasteiger partial charge in [0.2, 0.25) is 0 Å². The normalized spacial score (nSPS) is 24.5. The maximum Gasteiger partial charge on any atom is 0.325 e. The molecule has 1 amide bonds. The molecule has 33 heavy (non-hydrogen) atoms. The van der Waals surface area contributed by atoms with Gasteiger partial charge in [0.1, 0.15) is 12.3 Å². The fourth-order valence-electron chi connectivity index (χ4n) is 5.61. The second-order valence-electron chi connectivity index (χ2n) is 9.56. The summed E-state index contributed by atoms with van der Waals surface area (Å²) < 4.78 is 10.5. The van der Waals surface area contributed by atoms with E-state index in [1.807, 2.05) is 12.1 Å². The lowest BCUT2D eigenvalue weighted by Gasteiger charge is -2.37. The van der Waals surface area contributed by atoms with Crippen molar-refractivity contribution in [2.75, 3.05) is 20.3 Å². The Bertz CT molecular complexity index is 797. The highest BCUT2D eigenvalue weighted by atomic mass is 16.5. The Balaban J connectivity index is 1.72. The Morgan fingerprint density at radius 1 is 1.21 bits per heavy atom. The second-order valence-corrected chi connectivity index (χ2v) is 9.56. The van der Waals surface area contributed by atoms with Crippen LogP contribution in [0.4, 0.5) is 0 Å². The van der Waals surface area contributed by atoms with Crippen LogP contribution in [-0.2, 0) is 20.7 Å². The minimum absolute atomic E-state index is 0.184. The third-order valence-corrected chi connectivity index (χ3v) is 7.22. The molecule has 5 atom stereocenters. The van der Waals surface area contributed by atoms with E-state index in [1.54, 1.807) is 0 Å². The van der Waals surface area contributed by atoms with Gasteiger partial charge in [-0.05, 0) is 67.9 Å². The smallest absolute Gasteiger partial charge is 0.325 e. The summed E-state index contributed by atoms with van der Waals surface area (Å²) in [5.74, 6) is 0.772. The number of methoxy groups -OCH3 is 1. The molecule has 3 N–H and O–H groups in total. The molecule has 5 unspecified atom stereocenters. The van der Waals surface area contributed by atoms with Gasteiger partial charge in [0, 0.05) is 5.56 Å². The van der Waals surface area contributed by atoms with Gasteiger partial charge in [-0.2, -0.15) is 0 Å². The molecule has 3 rings (SSSR count). The van der Waals surface area contributed by atoms with Gasteiger partial charge < -0.3 is 25.0 Å². The van der Waals surface area contributed by atoms with E-state index in [2.05, 4.69) is 23.0 Å². The summed E-state index contributed by atoms with van der Waals surface area (Å²) in [5.41, 5.74) is 2.33. The molecule has 1 saturated carbocycles. The largest absolute Gasteiger partial charge is 0.483 e. The van der Waals surface area contributed by atoms with Crippen LogP contribution in [0.3, 0.4) is 0 Å². The Morgan fingerprint density at radius 2 is 2.03 bits per heavy atom. The summed E-state index contributed by atoms with van der Waals surface area (Å²) in [7, 11) is 1.27. The molecule has 7 nitrogen and oxygen atoms in total. The predicted molar refractivity (Wildman–Crippen MR) is 125 cm³/mol. The van der Waals surface area contributed by atoms with E-state index in [1.165, 1.54) is 12.7 Å². The van der Waals surface area contributed by atoms with Crippen LogP contribution in [0.25, 0.3) is 0 Å². The molecule has 0 aliphatic heterocycles. The van der Waals surface area contributed by atoms with E-state index < -0.39 is 5.97 Å². The molecule has 0 radical (unpaired) electrons. The zero-order valence-electron chi connectivity index (χ0n) is 19.9. The zero-order valence-corrected chi connectivity index (χ0v) is 19.9. The summed E-state index contributed by atoms with van der Waals surface area (Å²) in [6.07, 6.45) is 7.59. The van der Waals surface area contributed by atoms with Crippen molar-refractivity contribution in [3.8, 4) is 5.75 Å². The van der Waals surface area contributed by atoms with Crippen LogP contribution in [0.5, 0.6) is 5.75 Å². The van der Waals surface area contributed by atoms with Gasteiger partial charge in [-0.3, -0.25) is 9.59 Å². The van der Waals surface area contributed by atoms with E-state index in [0.29, 0.717) is 17.6 Å². The number of unbranched alkanes of at least 4 members (excludes halogenated alkanes) is 2. The number of nitrogens with one attached hydrogen (secondary N) is 1. The molecule has 2 aliphatic carbocycles. The van der Waals surface area contributed by atoms with E-state index in [4.69, 9.17) is 4.74 Å². The Labute approximate surface area is 196 Å². The minimum atomic E-state index is -0.510. The van der Waals surface area contributed by atoms with Gasteiger partial charge in [-0.15, -0.1) is 0 Å². The monoisotopic (exact) mass is 461 g/mol. The highest BCUT2D eigenvalue weighted by molar-refractivity contribution is 5.82. The molecule has 1 aromatic rings. The van der Waals surface area contributed by atoms with Crippen molar-refractivity contribution in [2.45, 2.75) is 82.8 Å². The molecule has 2 aliphatic rings. The van der Waals surface area contributed by atoms with E-state index in [9.17, 15) is 19.8 Å². The number of fused-ring (bicyclic) bond motifs is 2. The van der Waals surface area contributed by atoms with Gasteiger partial charge in [-0.25, -0.2) is 0 Å². The Morgan fingerprint density at radius 3 is 2.79 bits per heavy atom. The summed E-state index contributed by atoms with van der Waals surface area (Å²) in [4.78, 5) is 23.4. The van der Waals surface area contributed by atoms with E-state index >= 15 is 0 Å². The third-order valence-electron chi connectivity index (χ3n) is 7.22. The quantitative estimate of drug-likeness (QED) is 0.326. The molecule has 0 saturated heterocycles. The number of ether oxygens (including phenoxy) is 2. The standard InChI is InChI=1S/C26H39NO6/c1-3-4-5-8-19(28)10-11-21-22-14-20(29)13-18(22)12-17-7-6-9-23(26(17)21)33-16-24(30)27-15-25(31)32-2/h6-7,9,18-22,28-29H,3-5,8,10-16H2,1-2H3,(H,27,30). The lowest BCUT2D eigenvalue weighted by atomic mass is 9.68. The average Bonchev–Trinajstić information content (AvgIpc) is 3.18. The van der Waals surface area contributed by atoms with Crippen LogP contribution in [0.1, 0.15) is 75.3 Å². The summed E-state index contributed by atoms with van der Waals surface area (Å²) in [6.45, 7) is 1.79. The molecular weight excluding hydrogens is 422 g/mol. The maximum atomic E-state index is 12.1. The average molecular weight is 462 g/mol. The first-order valence-corrected chi connectivity index (χ1v) is 12.4. The molecule has 7 heteroatoms. The molecule has 0 spiro atoms. The third kappa shape index (κ3) is 6.93. The minimum Gasteiger partial charge on any atom is -0.483 e. The van der Waals surface area contributed by atoms with Crippen LogP contribution in [-0.4, -0.2) is 54.6 Å². The van der Waals surface area contributed by atoms with Gasteiger partial charge in [0.05, 0.1) is 19.3 Å². The number of rotatable bonds is 12. The summed E-state index contributed by atoms with van der Waals surface area (Å²) >= 11 is 0. The molecule has 0 aromatic heterocycles. The zero-order chi connectivity index (χ0) is 23.8. The first-order valence-electron chi connectivity index (χ1n) is 12.4. The van der Waals surface area contributed by atoms with Crippen LogP contribution < -0.4 is 10.1 Å². The van der Waals surface area contributed by atoms with Gasteiger partial charge in [0.15, 0.2) is 6.61 Å². The summed E-state index contributed by atoms with van der Waals surface area (Å²) in [5, 5.41) is 23.4.